The van der Waals surface area contributed by atoms with Gasteiger partial charge in [-0.1, -0.05) is 6.92 Å². The highest BCUT2D eigenvalue weighted by atomic mass is 32.2. The molecule has 0 aliphatic heterocycles. The molecule has 7 heteroatoms. The van der Waals surface area contributed by atoms with E-state index in [0.29, 0.717) is 6.42 Å². The van der Waals surface area contributed by atoms with Crippen molar-refractivity contribution in [1.82, 2.24) is 4.72 Å². The van der Waals surface area contributed by atoms with Crippen LogP contribution >= 0.6 is 0 Å². The number of aromatic carboxylic acids is 1. The van der Waals surface area contributed by atoms with Crippen LogP contribution < -0.4 is 10.5 Å². The number of nitrogens with two attached hydrogens (primary N) is 1. The van der Waals surface area contributed by atoms with E-state index in [1.807, 2.05) is 6.92 Å². The van der Waals surface area contributed by atoms with Gasteiger partial charge in [0.05, 0.1) is 10.5 Å². The number of nitrogens with one attached hydrogen (secondary N) is 1. The molecule has 1 aromatic carbocycles. The van der Waals surface area contributed by atoms with Gasteiger partial charge in [0.25, 0.3) is 0 Å². The van der Waals surface area contributed by atoms with Crippen LogP contribution in [-0.2, 0) is 10.0 Å². The van der Waals surface area contributed by atoms with Crippen LogP contribution in [-0.4, -0.2) is 25.0 Å². The van der Waals surface area contributed by atoms with E-state index < -0.39 is 21.5 Å². The van der Waals surface area contributed by atoms with E-state index in [4.69, 9.17) is 10.8 Å². The molecule has 0 heterocycles. The van der Waals surface area contributed by atoms with Crippen molar-refractivity contribution in [3.8, 4) is 0 Å². The lowest BCUT2D eigenvalue weighted by atomic mass is 9.76. The molecule has 4 N–H and O–H groups in total. The molecular weight excluding hydrogens is 280 g/mol. The zero-order chi connectivity index (χ0) is 15.0. The molecule has 1 aliphatic carbocycles. The molecule has 0 bridgehead atoms. The fourth-order valence-electron chi connectivity index (χ4n) is 2.41. The first kappa shape index (κ1) is 14.8. The Balaban J connectivity index is 2.43. The van der Waals surface area contributed by atoms with Crippen LogP contribution in [0.2, 0.25) is 0 Å². The monoisotopic (exact) mass is 298 g/mol. The molecule has 20 heavy (non-hydrogen) atoms. The van der Waals surface area contributed by atoms with Gasteiger partial charge in [0.2, 0.25) is 10.0 Å². The Hall–Kier alpha value is -1.60. The molecule has 0 saturated heterocycles. The molecule has 1 aromatic rings. The van der Waals surface area contributed by atoms with Crippen molar-refractivity contribution in [2.45, 2.75) is 43.0 Å². The number of benzene rings is 1. The van der Waals surface area contributed by atoms with E-state index in [9.17, 15) is 13.2 Å². The number of nitrogen functional groups attached to an aromatic ring is 1. The largest absolute Gasteiger partial charge is 0.478 e. The van der Waals surface area contributed by atoms with Crippen molar-refractivity contribution < 1.29 is 18.3 Å². The zero-order valence-electron chi connectivity index (χ0n) is 11.2. The average molecular weight is 298 g/mol. The maximum atomic E-state index is 12.4. The van der Waals surface area contributed by atoms with Gasteiger partial charge in [0, 0.05) is 11.2 Å². The number of carboxylic acids is 1. The predicted octanol–water partition coefficient (Wildman–Crippen LogP) is 1.58. The van der Waals surface area contributed by atoms with Crippen LogP contribution in [0.25, 0.3) is 0 Å². The van der Waals surface area contributed by atoms with Crippen molar-refractivity contribution in [3.05, 3.63) is 23.8 Å². The van der Waals surface area contributed by atoms with Gasteiger partial charge in [0.1, 0.15) is 0 Å². The second-order valence-corrected chi connectivity index (χ2v) is 6.80. The number of anilines is 1. The van der Waals surface area contributed by atoms with Gasteiger partial charge in [-0.05, 0) is 43.9 Å². The number of hydrogen-bond donors (Lipinski definition) is 3. The summed E-state index contributed by atoms with van der Waals surface area (Å²) in [6, 6.07) is 3.78. The van der Waals surface area contributed by atoms with Crippen LogP contribution in [0, 0.1) is 0 Å². The molecule has 1 aliphatic rings. The van der Waals surface area contributed by atoms with E-state index >= 15 is 0 Å². The summed E-state index contributed by atoms with van der Waals surface area (Å²) in [5.74, 6) is -1.29. The number of carboxylic acid groups (broad SMARTS) is 1. The lowest BCUT2D eigenvalue weighted by Gasteiger charge is -2.41. The van der Waals surface area contributed by atoms with Gasteiger partial charge < -0.3 is 10.8 Å². The minimum atomic E-state index is -3.90. The van der Waals surface area contributed by atoms with Gasteiger partial charge in [0.15, 0.2) is 0 Å². The third kappa shape index (κ3) is 2.64. The fourth-order valence-corrected chi connectivity index (χ4v) is 4.17. The summed E-state index contributed by atoms with van der Waals surface area (Å²) in [4.78, 5) is 10.9. The average Bonchev–Trinajstić information content (AvgIpc) is 2.33. The highest BCUT2D eigenvalue weighted by Gasteiger charge is 2.40. The second kappa shape index (κ2) is 5.06. The Bertz CT molecular complexity index is 630. The fraction of sp³-hybridized carbons (Fsp3) is 0.462. The molecule has 0 amide bonds. The molecule has 1 fully saturated rings. The van der Waals surface area contributed by atoms with Crippen LogP contribution in [0.1, 0.15) is 43.0 Å². The Morgan fingerprint density at radius 1 is 1.45 bits per heavy atom. The maximum absolute atomic E-state index is 12.4. The van der Waals surface area contributed by atoms with Gasteiger partial charge in [-0.2, -0.15) is 0 Å². The van der Waals surface area contributed by atoms with Gasteiger partial charge in [-0.3, -0.25) is 0 Å². The molecule has 1 saturated carbocycles. The molecule has 110 valence electrons. The van der Waals surface area contributed by atoms with Crippen LogP contribution in [0.4, 0.5) is 5.69 Å². The lowest BCUT2D eigenvalue weighted by Crippen LogP contribution is -2.52. The molecular formula is C13H18N2O4S. The third-order valence-corrected chi connectivity index (χ3v) is 5.48. The van der Waals surface area contributed by atoms with Crippen molar-refractivity contribution >= 4 is 21.7 Å². The standard InChI is InChI=1S/C13H18N2O4S/c1-2-13(6-3-7-13)15-20(18,19)11-8-9(14)4-5-10(11)12(16)17/h4-5,8,15H,2-3,6-7,14H2,1H3,(H,16,17). The SMILES string of the molecule is CCC1(NS(=O)(=O)c2cc(N)ccc2C(=O)O)CCC1. The van der Waals surface area contributed by atoms with E-state index in [0.717, 1.165) is 19.3 Å². The lowest BCUT2D eigenvalue weighted by molar-refractivity contribution is 0.0692. The van der Waals surface area contributed by atoms with Crippen molar-refractivity contribution in [3.63, 3.8) is 0 Å². The molecule has 0 atom stereocenters. The minimum absolute atomic E-state index is 0.217. The summed E-state index contributed by atoms with van der Waals surface area (Å²) in [5.41, 5.74) is 5.09. The Labute approximate surface area is 118 Å². The third-order valence-electron chi connectivity index (χ3n) is 3.86. The molecule has 6 nitrogen and oxygen atoms in total. The summed E-state index contributed by atoms with van der Waals surface area (Å²) in [6.45, 7) is 1.92. The molecule has 0 unspecified atom stereocenters. The Kier molecular flexibility index (Phi) is 3.75. The van der Waals surface area contributed by atoms with E-state index in [2.05, 4.69) is 4.72 Å². The van der Waals surface area contributed by atoms with E-state index in [-0.39, 0.29) is 16.1 Å². The van der Waals surface area contributed by atoms with Crippen molar-refractivity contribution in [1.29, 1.82) is 0 Å². The van der Waals surface area contributed by atoms with E-state index in [1.165, 1.54) is 18.2 Å². The van der Waals surface area contributed by atoms with Crippen LogP contribution in [0.15, 0.2) is 23.1 Å². The smallest absolute Gasteiger partial charge is 0.337 e. The maximum Gasteiger partial charge on any atom is 0.337 e. The summed E-state index contributed by atoms with van der Waals surface area (Å²) >= 11 is 0. The number of sulfonamides is 1. The first-order valence-electron chi connectivity index (χ1n) is 6.46. The first-order valence-corrected chi connectivity index (χ1v) is 7.95. The number of rotatable bonds is 5. The van der Waals surface area contributed by atoms with Gasteiger partial charge >= 0.3 is 5.97 Å². The van der Waals surface area contributed by atoms with Crippen LogP contribution in [0.5, 0.6) is 0 Å². The number of hydrogen-bond acceptors (Lipinski definition) is 4. The first-order chi connectivity index (χ1) is 9.30. The molecule has 0 aromatic heterocycles. The quantitative estimate of drug-likeness (QED) is 0.715. The van der Waals surface area contributed by atoms with Gasteiger partial charge in [-0.15, -0.1) is 0 Å². The van der Waals surface area contributed by atoms with Crippen molar-refractivity contribution in [2.75, 3.05) is 5.73 Å². The highest BCUT2D eigenvalue weighted by molar-refractivity contribution is 7.89. The zero-order valence-corrected chi connectivity index (χ0v) is 12.0. The Morgan fingerprint density at radius 2 is 2.10 bits per heavy atom. The van der Waals surface area contributed by atoms with Gasteiger partial charge in [-0.25, -0.2) is 17.9 Å². The normalized spacial score (nSPS) is 17.4. The second-order valence-electron chi connectivity index (χ2n) is 5.15. The summed E-state index contributed by atoms with van der Waals surface area (Å²) in [7, 11) is -3.90. The number of carbonyl (C=O) groups is 1. The van der Waals surface area contributed by atoms with Crippen LogP contribution in [0.3, 0.4) is 0 Å². The predicted molar refractivity (Wildman–Crippen MR) is 75.0 cm³/mol. The summed E-state index contributed by atoms with van der Waals surface area (Å²) in [6.07, 6.45) is 3.19. The van der Waals surface area contributed by atoms with Crippen molar-refractivity contribution in [2.24, 2.45) is 0 Å². The Morgan fingerprint density at radius 3 is 2.55 bits per heavy atom. The highest BCUT2D eigenvalue weighted by Crippen LogP contribution is 2.36. The summed E-state index contributed by atoms with van der Waals surface area (Å²) < 4.78 is 27.5. The molecule has 0 spiro atoms. The minimum Gasteiger partial charge on any atom is -0.478 e. The topological polar surface area (TPSA) is 109 Å². The van der Waals surface area contributed by atoms with E-state index in [1.54, 1.807) is 0 Å². The molecule has 0 radical (unpaired) electrons. The summed E-state index contributed by atoms with van der Waals surface area (Å²) in [5, 5.41) is 9.11. The molecule has 2 rings (SSSR count).